The quantitative estimate of drug-likeness (QED) is 0.517. The summed E-state index contributed by atoms with van der Waals surface area (Å²) in [6.45, 7) is 7.16. The monoisotopic (exact) mass is 493 g/mol. The lowest BCUT2D eigenvalue weighted by Crippen LogP contribution is -2.47. The molecule has 3 heterocycles. The van der Waals surface area contributed by atoms with E-state index in [1.807, 2.05) is 0 Å². The van der Waals surface area contributed by atoms with Gasteiger partial charge in [0.15, 0.2) is 0 Å². The maximum atomic E-state index is 13.0. The van der Waals surface area contributed by atoms with Crippen LogP contribution < -0.4 is 10.4 Å². The fraction of sp³-hybridized carbons (Fsp3) is 0.393. The maximum Gasteiger partial charge on any atom is 0.343 e. The highest BCUT2D eigenvalue weighted by Crippen LogP contribution is 2.26. The van der Waals surface area contributed by atoms with Crippen molar-refractivity contribution in [3.8, 4) is 11.5 Å². The summed E-state index contributed by atoms with van der Waals surface area (Å²) in [7, 11) is 0. The van der Waals surface area contributed by atoms with Crippen LogP contribution in [0.2, 0.25) is 0 Å². The molecule has 0 aliphatic carbocycles. The number of rotatable bonds is 8. The van der Waals surface area contributed by atoms with Crippen LogP contribution in [-0.2, 0) is 26.1 Å². The molecule has 5 rings (SSSR count). The first-order valence-electron chi connectivity index (χ1n) is 12.5. The first kappa shape index (κ1) is 24.5. The van der Waals surface area contributed by atoms with E-state index >= 15 is 0 Å². The van der Waals surface area contributed by atoms with Crippen molar-refractivity contribution in [2.45, 2.75) is 26.1 Å². The topological polar surface area (TPSA) is 69.4 Å². The second-order valence-electron chi connectivity index (χ2n) is 9.53. The molecule has 2 aliphatic rings. The van der Waals surface area contributed by atoms with Gasteiger partial charge in [-0.3, -0.25) is 14.7 Å². The fourth-order valence-electron chi connectivity index (χ4n) is 4.94. The summed E-state index contributed by atoms with van der Waals surface area (Å²) in [6, 6.07) is 14.5. The smallest absolute Gasteiger partial charge is 0.343 e. The normalized spacial score (nSPS) is 17.1. The lowest BCUT2D eigenvalue weighted by atomic mass is 9.99. The molecule has 0 bridgehead atoms. The van der Waals surface area contributed by atoms with Crippen molar-refractivity contribution in [2.24, 2.45) is 0 Å². The van der Waals surface area contributed by atoms with E-state index in [1.165, 1.54) is 29.5 Å². The van der Waals surface area contributed by atoms with E-state index in [4.69, 9.17) is 9.15 Å². The van der Waals surface area contributed by atoms with Crippen LogP contribution in [0.3, 0.4) is 0 Å². The van der Waals surface area contributed by atoms with Gasteiger partial charge in [0.05, 0.1) is 5.56 Å². The van der Waals surface area contributed by atoms with Crippen LogP contribution in [0.25, 0.3) is 0 Å². The van der Waals surface area contributed by atoms with Crippen molar-refractivity contribution < 1.29 is 18.7 Å². The van der Waals surface area contributed by atoms with Crippen molar-refractivity contribution in [1.82, 2.24) is 14.7 Å². The molecule has 0 amide bonds. The second kappa shape index (κ2) is 11.2. The lowest BCUT2D eigenvalue weighted by molar-refractivity contribution is 0.111. The molecule has 3 aromatic rings. The molecule has 0 radical (unpaired) electrons. The molecule has 0 atom stereocenters. The number of fused-ring (bicyclic) bond motifs is 1. The number of ether oxygens (including phenoxy) is 1. The number of aromatic hydroxyl groups is 1. The van der Waals surface area contributed by atoms with Gasteiger partial charge in [0.2, 0.25) is 0 Å². The van der Waals surface area contributed by atoms with E-state index in [0.29, 0.717) is 36.6 Å². The average Bonchev–Trinajstić information content (AvgIpc) is 2.90. The molecule has 0 unspecified atom stereocenters. The number of halogens is 1. The largest absolute Gasteiger partial charge is 0.507 e. The highest BCUT2D eigenvalue weighted by atomic mass is 19.1. The van der Waals surface area contributed by atoms with E-state index in [-0.39, 0.29) is 11.6 Å². The highest BCUT2D eigenvalue weighted by Gasteiger charge is 2.23. The van der Waals surface area contributed by atoms with Crippen LogP contribution in [-0.4, -0.2) is 65.7 Å². The number of benzene rings is 2. The van der Waals surface area contributed by atoms with Crippen LogP contribution in [0.4, 0.5) is 4.39 Å². The predicted octanol–water partition coefficient (Wildman–Crippen LogP) is 3.24. The van der Waals surface area contributed by atoms with Crippen molar-refractivity contribution in [1.29, 1.82) is 0 Å². The molecule has 2 aliphatic heterocycles. The summed E-state index contributed by atoms with van der Waals surface area (Å²) < 4.78 is 24.0. The Balaban J connectivity index is 1.13. The van der Waals surface area contributed by atoms with Gasteiger partial charge in [-0.05, 0) is 41.8 Å². The molecule has 8 heteroatoms. The van der Waals surface area contributed by atoms with Gasteiger partial charge < -0.3 is 14.3 Å². The zero-order chi connectivity index (χ0) is 24.9. The van der Waals surface area contributed by atoms with Crippen molar-refractivity contribution >= 4 is 0 Å². The van der Waals surface area contributed by atoms with E-state index < -0.39 is 5.63 Å². The summed E-state index contributed by atoms with van der Waals surface area (Å²) in [4.78, 5) is 19.2. The predicted molar refractivity (Wildman–Crippen MR) is 135 cm³/mol. The molecule has 1 N–H and O–H groups in total. The first-order valence-corrected chi connectivity index (χ1v) is 12.5. The Bertz CT molecular complexity index is 1220. The lowest BCUT2D eigenvalue weighted by Gasteiger charge is -2.34. The van der Waals surface area contributed by atoms with Crippen molar-refractivity contribution in [3.63, 3.8) is 0 Å². The Morgan fingerprint density at radius 1 is 0.889 bits per heavy atom. The molecule has 7 nitrogen and oxygen atoms in total. The molecule has 0 spiro atoms. The third-order valence-electron chi connectivity index (χ3n) is 7.08. The molecular weight excluding hydrogens is 461 g/mol. The van der Waals surface area contributed by atoms with Gasteiger partial charge in [0.25, 0.3) is 0 Å². The molecule has 190 valence electrons. The summed E-state index contributed by atoms with van der Waals surface area (Å²) in [6.07, 6.45) is 2.38. The number of hydrogen-bond donors (Lipinski definition) is 1. The number of hydrogen-bond acceptors (Lipinski definition) is 7. The van der Waals surface area contributed by atoms with Crippen LogP contribution in [0.1, 0.15) is 22.3 Å². The molecule has 1 saturated heterocycles. The molecule has 1 fully saturated rings. The van der Waals surface area contributed by atoms with Crippen molar-refractivity contribution in [3.05, 3.63) is 93.3 Å². The van der Waals surface area contributed by atoms with Gasteiger partial charge in [-0.2, -0.15) is 0 Å². The average molecular weight is 494 g/mol. The van der Waals surface area contributed by atoms with Gasteiger partial charge in [-0.25, -0.2) is 9.18 Å². The summed E-state index contributed by atoms with van der Waals surface area (Å²) in [5.41, 5.74) is 3.19. The summed E-state index contributed by atoms with van der Waals surface area (Å²) in [5, 5.41) is 11.0. The number of piperazine rings is 1. The highest BCUT2D eigenvalue weighted by molar-refractivity contribution is 5.37. The zero-order valence-corrected chi connectivity index (χ0v) is 20.4. The minimum atomic E-state index is -0.477. The van der Waals surface area contributed by atoms with Gasteiger partial charge in [0.1, 0.15) is 30.2 Å². The van der Waals surface area contributed by atoms with Gasteiger partial charge >= 0.3 is 5.63 Å². The Labute approximate surface area is 210 Å². The molecule has 1 aromatic heterocycles. The van der Waals surface area contributed by atoms with Gasteiger partial charge in [-0.1, -0.05) is 24.3 Å². The summed E-state index contributed by atoms with van der Waals surface area (Å²) in [5.74, 6) is 0.437. The Morgan fingerprint density at radius 3 is 2.39 bits per heavy atom. The van der Waals surface area contributed by atoms with Crippen LogP contribution in [0.5, 0.6) is 11.5 Å². The zero-order valence-electron chi connectivity index (χ0n) is 20.4. The molecule has 0 saturated carbocycles. The standard InChI is InChI=1S/C28H32FN3O4/c29-24-5-7-25(8-6-24)35-16-15-30-11-13-31(14-12-30)19-26-27(33)23(20-36-28(26)34)18-32-10-9-21-3-1-2-4-22(21)17-32/h1-8,20,33H,9-19H2. The van der Waals surface area contributed by atoms with E-state index in [0.717, 1.165) is 52.2 Å². The van der Waals surface area contributed by atoms with Crippen molar-refractivity contribution in [2.75, 3.05) is 45.9 Å². The molecule has 36 heavy (non-hydrogen) atoms. The Morgan fingerprint density at radius 2 is 1.61 bits per heavy atom. The molecule has 2 aromatic carbocycles. The van der Waals surface area contributed by atoms with E-state index in [9.17, 15) is 14.3 Å². The maximum absolute atomic E-state index is 13.0. The second-order valence-corrected chi connectivity index (χ2v) is 9.53. The Kier molecular flexibility index (Phi) is 7.65. The van der Waals surface area contributed by atoms with Gasteiger partial charge in [0, 0.05) is 64.5 Å². The summed E-state index contributed by atoms with van der Waals surface area (Å²) >= 11 is 0. The third-order valence-corrected chi connectivity index (χ3v) is 7.08. The third kappa shape index (κ3) is 5.95. The van der Waals surface area contributed by atoms with Gasteiger partial charge in [-0.15, -0.1) is 0 Å². The van der Waals surface area contributed by atoms with Crippen LogP contribution in [0, 0.1) is 5.82 Å². The van der Waals surface area contributed by atoms with Crippen LogP contribution in [0.15, 0.2) is 64.0 Å². The fourth-order valence-corrected chi connectivity index (χ4v) is 4.94. The minimum absolute atomic E-state index is 0.0558. The first-order chi connectivity index (χ1) is 17.5. The van der Waals surface area contributed by atoms with E-state index in [1.54, 1.807) is 12.1 Å². The minimum Gasteiger partial charge on any atom is -0.507 e. The number of nitrogens with zero attached hydrogens (tertiary/aromatic N) is 3. The van der Waals surface area contributed by atoms with E-state index in [2.05, 4.69) is 39.0 Å². The van der Waals surface area contributed by atoms with Crippen LogP contribution >= 0.6 is 0 Å². The SMILES string of the molecule is O=c1occ(CN2CCc3ccccc3C2)c(O)c1CN1CCN(CCOc2ccc(F)cc2)CC1. The Hall–Kier alpha value is -3.20. The molecular formula is C28H32FN3O4.